The molecule has 1 amide bonds. The lowest BCUT2D eigenvalue weighted by molar-refractivity contribution is -0.171. The van der Waals surface area contributed by atoms with Crippen LogP contribution in [0.5, 0.6) is 0 Å². The minimum Gasteiger partial charge on any atom is -0.390 e. The Balaban J connectivity index is 1.17. The van der Waals surface area contributed by atoms with Crippen LogP contribution in [0.2, 0.25) is 0 Å². The van der Waals surface area contributed by atoms with Crippen LogP contribution in [0.4, 0.5) is 13.2 Å². The van der Waals surface area contributed by atoms with E-state index in [9.17, 15) is 23.1 Å². The Hall–Kier alpha value is -2.09. The summed E-state index contributed by atoms with van der Waals surface area (Å²) in [6.45, 7) is 3.95. The first-order chi connectivity index (χ1) is 13.5. The second-order valence-corrected chi connectivity index (χ2v) is 9.65. The third kappa shape index (κ3) is 3.21. The van der Waals surface area contributed by atoms with E-state index < -0.39 is 17.5 Å². The van der Waals surface area contributed by atoms with Gasteiger partial charge in [-0.25, -0.2) is 4.98 Å². The molecule has 2 saturated carbocycles. The van der Waals surface area contributed by atoms with Gasteiger partial charge in [-0.1, -0.05) is 0 Å². The molecule has 8 heteroatoms. The van der Waals surface area contributed by atoms with Gasteiger partial charge < -0.3 is 14.6 Å². The molecule has 0 bridgehead atoms. The molecule has 156 valence electrons. The fourth-order valence-electron chi connectivity index (χ4n) is 5.55. The fraction of sp³-hybridized carbons (Fsp3) is 0.619. The molecular weight excluding hydrogens is 383 g/mol. The molecule has 2 aromatic rings. The number of fused-ring (bicyclic) bond motifs is 1. The van der Waals surface area contributed by atoms with Gasteiger partial charge in [0.25, 0.3) is 0 Å². The van der Waals surface area contributed by atoms with Gasteiger partial charge in [0.2, 0.25) is 5.91 Å². The summed E-state index contributed by atoms with van der Waals surface area (Å²) in [5.41, 5.74) is -0.995. The first-order valence-corrected chi connectivity index (χ1v) is 10.1. The number of likely N-dealkylation sites (tertiary alicyclic amines) is 1. The van der Waals surface area contributed by atoms with Gasteiger partial charge in [-0.15, -0.1) is 0 Å². The van der Waals surface area contributed by atoms with Crippen molar-refractivity contribution in [2.75, 3.05) is 13.1 Å². The van der Waals surface area contributed by atoms with E-state index in [-0.39, 0.29) is 17.2 Å². The number of aromatic nitrogens is 2. The van der Waals surface area contributed by atoms with Crippen LogP contribution in [0.25, 0.3) is 11.0 Å². The average molecular weight is 407 g/mol. The van der Waals surface area contributed by atoms with Crippen LogP contribution in [-0.2, 0) is 17.5 Å². The van der Waals surface area contributed by atoms with Crippen molar-refractivity contribution in [1.82, 2.24) is 14.5 Å². The zero-order valence-corrected chi connectivity index (χ0v) is 16.2. The van der Waals surface area contributed by atoms with Crippen molar-refractivity contribution in [2.45, 2.75) is 50.9 Å². The number of amides is 1. The van der Waals surface area contributed by atoms with Crippen molar-refractivity contribution in [2.24, 2.45) is 17.3 Å². The van der Waals surface area contributed by atoms with Crippen LogP contribution in [0, 0.1) is 17.3 Å². The predicted octanol–water partition coefficient (Wildman–Crippen LogP) is 3.45. The average Bonchev–Trinajstić information content (AvgIpc) is 2.94. The molecule has 3 aliphatic rings. The van der Waals surface area contributed by atoms with Crippen molar-refractivity contribution < 1.29 is 23.1 Å². The Morgan fingerprint density at radius 1 is 1.21 bits per heavy atom. The smallest absolute Gasteiger partial charge is 0.390 e. The molecule has 5 nitrogen and oxygen atoms in total. The van der Waals surface area contributed by atoms with Crippen molar-refractivity contribution in [3.63, 3.8) is 0 Å². The highest BCUT2D eigenvalue weighted by molar-refractivity contribution is 5.81. The largest absolute Gasteiger partial charge is 0.433 e. The second kappa shape index (κ2) is 5.97. The SMILES string of the molecule is CC1(O)CC(C(=O)N2CC3(CC(Cn4ccc5ccc(C(F)(F)F)nc54)C3)C2)C1. The summed E-state index contributed by atoms with van der Waals surface area (Å²) in [5.74, 6) is 0.507. The van der Waals surface area contributed by atoms with Gasteiger partial charge in [0.15, 0.2) is 0 Å². The molecule has 0 aromatic carbocycles. The Morgan fingerprint density at radius 2 is 1.90 bits per heavy atom. The van der Waals surface area contributed by atoms with Crippen LogP contribution in [0.15, 0.2) is 24.4 Å². The van der Waals surface area contributed by atoms with E-state index in [0.717, 1.165) is 32.0 Å². The van der Waals surface area contributed by atoms with Crippen molar-refractivity contribution >= 4 is 16.9 Å². The molecule has 1 aliphatic heterocycles. The summed E-state index contributed by atoms with van der Waals surface area (Å²) in [6.07, 6.45) is 0.425. The van der Waals surface area contributed by atoms with Gasteiger partial charge >= 0.3 is 6.18 Å². The minimum absolute atomic E-state index is 0.0432. The first kappa shape index (κ1) is 18.9. The molecule has 1 N–H and O–H groups in total. The summed E-state index contributed by atoms with van der Waals surface area (Å²) < 4.78 is 40.7. The van der Waals surface area contributed by atoms with Crippen LogP contribution >= 0.6 is 0 Å². The highest BCUT2D eigenvalue weighted by Gasteiger charge is 2.55. The van der Waals surface area contributed by atoms with E-state index >= 15 is 0 Å². The van der Waals surface area contributed by atoms with Crippen molar-refractivity contribution in [3.8, 4) is 0 Å². The van der Waals surface area contributed by atoms with E-state index in [1.165, 1.54) is 6.07 Å². The monoisotopic (exact) mass is 407 g/mol. The number of halogens is 3. The Bertz CT molecular complexity index is 959. The number of carbonyl (C=O) groups is 1. The molecule has 3 heterocycles. The highest BCUT2D eigenvalue weighted by Crippen LogP contribution is 2.53. The number of hydrogen-bond donors (Lipinski definition) is 1. The summed E-state index contributed by atoms with van der Waals surface area (Å²) >= 11 is 0. The molecule has 0 radical (unpaired) electrons. The zero-order chi connectivity index (χ0) is 20.6. The van der Waals surface area contributed by atoms with E-state index in [1.54, 1.807) is 13.0 Å². The number of nitrogens with zero attached hydrogens (tertiary/aromatic N) is 3. The quantitative estimate of drug-likeness (QED) is 0.848. The number of rotatable bonds is 3. The molecule has 2 aromatic heterocycles. The minimum atomic E-state index is -4.44. The molecule has 29 heavy (non-hydrogen) atoms. The molecular formula is C21H24F3N3O2. The lowest BCUT2D eigenvalue weighted by atomic mass is 9.57. The van der Waals surface area contributed by atoms with Gasteiger partial charge in [-0.05, 0) is 56.7 Å². The van der Waals surface area contributed by atoms with Gasteiger partial charge in [-0.2, -0.15) is 13.2 Å². The summed E-state index contributed by atoms with van der Waals surface area (Å²) in [4.78, 5) is 18.2. The standard InChI is InChI=1S/C21H24F3N3O2/c1-19(29)8-15(9-19)18(28)27-11-20(12-27)6-13(7-20)10-26-5-4-14-2-3-16(21(22,23)24)25-17(14)26/h2-5,13,15,29H,6-12H2,1H3. The van der Waals surface area contributed by atoms with Gasteiger partial charge in [0, 0.05) is 42.6 Å². The van der Waals surface area contributed by atoms with Crippen LogP contribution < -0.4 is 0 Å². The lowest BCUT2D eigenvalue weighted by Gasteiger charge is -2.60. The maximum atomic E-state index is 13.0. The normalized spacial score (nSPS) is 28.9. The predicted molar refractivity (Wildman–Crippen MR) is 99.8 cm³/mol. The van der Waals surface area contributed by atoms with Gasteiger partial charge in [0.1, 0.15) is 11.3 Å². The Labute approximate surface area is 166 Å². The molecule has 5 rings (SSSR count). The van der Waals surface area contributed by atoms with Crippen LogP contribution in [0.1, 0.15) is 38.3 Å². The van der Waals surface area contributed by atoms with Crippen molar-refractivity contribution in [1.29, 1.82) is 0 Å². The Morgan fingerprint density at radius 3 is 2.52 bits per heavy atom. The highest BCUT2D eigenvalue weighted by atomic mass is 19.4. The topological polar surface area (TPSA) is 58.4 Å². The molecule has 1 saturated heterocycles. The molecule has 0 atom stereocenters. The third-order valence-corrected chi connectivity index (χ3v) is 6.89. The molecule has 2 aliphatic carbocycles. The van der Waals surface area contributed by atoms with E-state index in [2.05, 4.69) is 4.98 Å². The van der Waals surface area contributed by atoms with Crippen molar-refractivity contribution in [3.05, 3.63) is 30.1 Å². The van der Waals surface area contributed by atoms with E-state index in [0.29, 0.717) is 36.3 Å². The number of hydrogen-bond acceptors (Lipinski definition) is 3. The second-order valence-electron chi connectivity index (χ2n) is 9.65. The maximum absolute atomic E-state index is 13.0. The number of alkyl halides is 3. The summed E-state index contributed by atoms with van der Waals surface area (Å²) in [5, 5.41) is 10.5. The number of pyridine rings is 1. The molecule has 1 spiro atoms. The first-order valence-electron chi connectivity index (χ1n) is 10.1. The maximum Gasteiger partial charge on any atom is 0.433 e. The molecule has 0 unspecified atom stereocenters. The van der Waals surface area contributed by atoms with Crippen LogP contribution in [-0.4, -0.2) is 44.2 Å². The number of carbonyl (C=O) groups excluding carboxylic acids is 1. The van der Waals surface area contributed by atoms with E-state index in [1.807, 2.05) is 15.7 Å². The van der Waals surface area contributed by atoms with Gasteiger partial charge in [-0.3, -0.25) is 4.79 Å². The molecule has 3 fully saturated rings. The van der Waals surface area contributed by atoms with Crippen LogP contribution in [0.3, 0.4) is 0 Å². The zero-order valence-electron chi connectivity index (χ0n) is 16.2. The third-order valence-electron chi connectivity index (χ3n) is 6.89. The summed E-state index contributed by atoms with van der Waals surface area (Å²) in [7, 11) is 0. The van der Waals surface area contributed by atoms with E-state index in [4.69, 9.17) is 0 Å². The van der Waals surface area contributed by atoms with Gasteiger partial charge in [0.05, 0.1) is 5.60 Å². The fourth-order valence-corrected chi connectivity index (χ4v) is 5.55. The lowest BCUT2D eigenvalue weighted by Crippen LogP contribution is -2.66. The summed E-state index contributed by atoms with van der Waals surface area (Å²) in [6, 6.07) is 4.29. The number of aliphatic hydroxyl groups is 1. The Kier molecular flexibility index (Phi) is 3.89.